The van der Waals surface area contributed by atoms with E-state index in [0.717, 1.165) is 16.7 Å². The van der Waals surface area contributed by atoms with Gasteiger partial charge in [0.2, 0.25) is 12.7 Å². The van der Waals surface area contributed by atoms with Crippen molar-refractivity contribution in [1.29, 1.82) is 5.26 Å². The topological polar surface area (TPSA) is 86.7 Å². The zero-order valence-corrected chi connectivity index (χ0v) is 19.2. The van der Waals surface area contributed by atoms with Crippen LogP contribution < -0.4 is 24.7 Å². The van der Waals surface area contributed by atoms with E-state index in [-0.39, 0.29) is 24.9 Å². The summed E-state index contributed by atoms with van der Waals surface area (Å²) in [6.07, 6.45) is 0. The average Bonchev–Trinajstić information content (AvgIpc) is 3.25. The van der Waals surface area contributed by atoms with E-state index in [1.54, 1.807) is 36.4 Å². The summed E-state index contributed by atoms with van der Waals surface area (Å²) in [5.74, 6) is 1.66. The molecule has 0 saturated carbocycles. The van der Waals surface area contributed by atoms with Gasteiger partial charge in [-0.1, -0.05) is 46.9 Å². The van der Waals surface area contributed by atoms with Gasteiger partial charge >= 0.3 is 0 Å². The van der Waals surface area contributed by atoms with Crippen LogP contribution in [0.25, 0.3) is 0 Å². The highest BCUT2D eigenvalue weighted by Gasteiger charge is 2.33. The van der Waals surface area contributed by atoms with Gasteiger partial charge in [-0.25, -0.2) is 0 Å². The summed E-state index contributed by atoms with van der Waals surface area (Å²) in [7, 11) is 0. The summed E-state index contributed by atoms with van der Waals surface area (Å²) in [6, 6.07) is 16.3. The highest BCUT2D eigenvalue weighted by Crippen LogP contribution is 2.48. The van der Waals surface area contributed by atoms with E-state index in [4.69, 9.17) is 59.5 Å². The van der Waals surface area contributed by atoms with Crippen LogP contribution in [0.3, 0.4) is 0 Å². The molecule has 0 fully saturated rings. The predicted molar refractivity (Wildman–Crippen MR) is 124 cm³/mol. The van der Waals surface area contributed by atoms with Crippen molar-refractivity contribution in [2.24, 2.45) is 5.73 Å². The van der Waals surface area contributed by atoms with E-state index >= 15 is 0 Å². The highest BCUT2D eigenvalue weighted by atomic mass is 35.5. The minimum Gasteiger partial charge on any atom is -0.487 e. The van der Waals surface area contributed by atoms with Crippen molar-refractivity contribution in [3.05, 3.63) is 91.7 Å². The van der Waals surface area contributed by atoms with Gasteiger partial charge in [0.25, 0.3) is 0 Å². The van der Waals surface area contributed by atoms with Gasteiger partial charge in [0.1, 0.15) is 29.7 Å². The van der Waals surface area contributed by atoms with Gasteiger partial charge in [0, 0.05) is 11.6 Å². The Kier molecular flexibility index (Phi) is 5.63. The van der Waals surface area contributed by atoms with E-state index in [2.05, 4.69) is 6.07 Å². The van der Waals surface area contributed by atoms with Gasteiger partial charge in [-0.2, -0.15) is 5.26 Å². The van der Waals surface area contributed by atoms with Crippen molar-refractivity contribution in [3.63, 3.8) is 0 Å². The van der Waals surface area contributed by atoms with E-state index in [1.165, 1.54) is 0 Å². The zero-order valence-electron chi connectivity index (χ0n) is 16.9. The Morgan fingerprint density at radius 1 is 0.939 bits per heavy atom. The molecule has 1 atom stereocenters. The van der Waals surface area contributed by atoms with Gasteiger partial charge in [-0.05, 0) is 41.5 Å². The number of rotatable bonds is 4. The van der Waals surface area contributed by atoms with Crippen molar-refractivity contribution in [2.45, 2.75) is 12.5 Å². The fourth-order valence-corrected chi connectivity index (χ4v) is 4.36. The van der Waals surface area contributed by atoms with Crippen LogP contribution in [0.5, 0.6) is 23.0 Å². The van der Waals surface area contributed by atoms with Gasteiger partial charge in [-0.3, -0.25) is 0 Å². The minimum absolute atomic E-state index is 0.0323. The number of hydrogen-bond acceptors (Lipinski definition) is 6. The van der Waals surface area contributed by atoms with Crippen LogP contribution >= 0.6 is 34.8 Å². The van der Waals surface area contributed by atoms with Crippen molar-refractivity contribution in [1.82, 2.24) is 0 Å². The molecule has 6 nitrogen and oxygen atoms in total. The molecule has 0 spiro atoms. The molecule has 5 rings (SSSR count). The number of hydrogen-bond donors (Lipinski definition) is 1. The number of benzene rings is 3. The number of nitrogens with zero attached hydrogens (tertiary/aromatic N) is 1. The second kappa shape index (κ2) is 8.60. The third kappa shape index (κ3) is 4.00. The fourth-order valence-electron chi connectivity index (χ4n) is 3.79. The first-order chi connectivity index (χ1) is 15.9. The standard InChI is InChI=1S/C24H15Cl3N2O4/c25-16-3-1-12(5-17(16)26)10-30-19-4-2-13(6-18(19)27)23-14-7-21-22(32-11-31-21)8-20(14)33-24(29)15(23)9-28/h1-8,23H,10-11,29H2/t23-/m1/s1. The summed E-state index contributed by atoms with van der Waals surface area (Å²) in [5, 5.41) is 11.1. The number of fused-ring (bicyclic) bond motifs is 2. The summed E-state index contributed by atoms with van der Waals surface area (Å²) in [5.41, 5.74) is 8.68. The summed E-state index contributed by atoms with van der Waals surface area (Å²) in [4.78, 5) is 0. The van der Waals surface area contributed by atoms with Crippen molar-refractivity contribution in [2.75, 3.05) is 6.79 Å². The lowest BCUT2D eigenvalue weighted by atomic mass is 9.83. The highest BCUT2D eigenvalue weighted by molar-refractivity contribution is 6.42. The molecule has 0 amide bonds. The average molecular weight is 502 g/mol. The van der Waals surface area contributed by atoms with Crippen LogP contribution in [0.1, 0.15) is 22.6 Å². The third-order valence-electron chi connectivity index (χ3n) is 5.38. The minimum atomic E-state index is -0.491. The monoisotopic (exact) mass is 500 g/mol. The third-order valence-corrected chi connectivity index (χ3v) is 6.41. The van der Waals surface area contributed by atoms with Crippen LogP contribution in [0.15, 0.2) is 60.0 Å². The lowest BCUT2D eigenvalue weighted by Crippen LogP contribution is -2.21. The second-order valence-corrected chi connectivity index (χ2v) is 8.62. The second-order valence-electron chi connectivity index (χ2n) is 7.40. The van der Waals surface area contributed by atoms with Crippen LogP contribution in [0.2, 0.25) is 15.1 Å². The van der Waals surface area contributed by atoms with Crippen LogP contribution in [0.4, 0.5) is 0 Å². The predicted octanol–water partition coefficient (Wildman–Crippen LogP) is 6.17. The van der Waals surface area contributed by atoms with E-state index in [9.17, 15) is 5.26 Å². The molecular weight excluding hydrogens is 487 g/mol. The molecule has 0 radical (unpaired) electrons. The molecule has 2 N–H and O–H groups in total. The van der Waals surface area contributed by atoms with Crippen LogP contribution in [0, 0.1) is 11.3 Å². The zero-order chi connectivity index (χ0) is 23.1. The molecule has 33 heavy (non-hydrogen) atoms. The van der Waals surface area contributed by atoms with Gasteiger partial charge in [0.15, 0.2) is 11.5 Å². The van der Waals surface area contributed by atoms with Crippen LogP contribution in [-0.2, 0) is 6.61 Å². The van der Waals surface area contributed by atoms with Gasteiger partial charge < -0.3 is 24.7 Å². The Balaban J connectivity index is 1.47. The molecule has 0 aromatic heterocycles. The number of ether oxygens (including phenoxy) is 4. The maximum absolute atomic E-state index is 9.79. The lowest BCUT2D eigenvalue weighted by molar-refractivity contribution is 0.174. The molecule has 0 unspecified atom stereocenters. The molecule has 166 valence electrons. The Morgan fingerprint density at radius 2 is 1.73 bits per heavy atom. The Bertz CT molecular complexity index is 1350. The van der Waals surface area contributed by atoms with Crippen LogP contribution in [-0.4, -0.2) is 6.79 Å². The van der Waals surface area contributed by atoms with Crippen molar-refractivity contribution >= 4 is 34.8 Å². The first kappa shape index (κ1) is 21.6. The SMILES string of the molecule is N#CC1=C(N)Oc2cc3c(cc2[C@H]1c1ccc(OCc2ccc(Cl)c(Cl)c2)c(Cl)c1)OCO3. The molecule has 0 aliphatic carbocycles. The van der Waals surface area contributed by atoms with Crippen molar-refractivity contribution in [3.8, 4) is 29.1 Å². The van der Waals surface area contributed by atoms with Gasteiger partial charge in [-0.15, -0.1) is 0 Å². The quantitative estimate of drug-likeness (QED) is 0.460. The van der Waals surface area contributed by atoms with E-state index < -0.39 is 5.92 Å². The molecule has 3 aromatic rings. The molecule has 2 heterocycles. The molecule has 9 heteroatoms. The summed E-state index contributed by atoms with van der Waals surface area (Å²) in [6.45, 7) is 0.378. The van der Waals surface area contributed by atoms with Gasteiger partial charge in [0.05, 0.1) is 21.0 Å². The maximum Gasteiger partial charge on any atom is 0.231 e. The molecule has 2 aliphatic rings. The maximum atomic E-state index is 9.79. The summed E-state index contributed by atoms with van der Waals surface area (Å²) < 4.78 is 22.5. The lowest BCUT2D eigenvalue weighted by Gasteiger charge is -2.27. The normalized spacial score (nSPS) is 16.1. The number of nitriles is 1. The summed E-state index contributed by atoms with van der Waals surface area (Å²) >= 11 is 18.6. The molecular formula is C24H15Cl3N2O4. The largest absolute Gasteiger partial charge is 0.487 e. The molecule has 0 bridgehead atoms. The van der Waals surface area contributed by atoms with E-state index in [1.807, 2.05) is 12.1 Å². The smallest absolute Gasteiger partial charge is 0.231 e. The number of halogens is 3. The molecule has 2 aliphatic heterocycles. The number of nitrogens with two attached hydrogens (primary N) is 1. The Labute approximate surface area is 204 Å². The Morgan fingerprint density at radius 3 is 2.45 bits per heavy atom. The van der Waals surface area contributed by atoms with E-state index in [0.29, 0.717) is 38.1 Å². The van der Waals surface area contributed by atoms with Crippen molar-refractivity contribution < 1.29 is 18.9 Å². The number of allylic oxidation sites excluding steroid dienone is 1. The fraction of sp³-hybridized carbons (Fsp3) is 0.125. The molecule has 0 saturated heterocycles. The first-order valence-corrected chi connectivity index (χ1v) is 11.0. The molecule has 3 aromatic carbocycles. The first-order valence-electron chi connectivity index (χ1n) is 9.82. The Hall–Kier alpha value is -3.24.